The quantitative estimate of drug-likeness (QED) is 0.757. The second kappa shape index (κ2) is 5.39. The van der Waals surface area contributed by atoms with Crippen LogP contribution in [0.5, 0.6) is 0 Å². The third-order valence-corrected chi connectivity index (χ3v) is 4.36. The first kappa shape index (κ1) is 15.4. The van der Waals surface area contributed by atoms with Crippen LogP contribution >= 0.6 is 15.9 Å². The van der Waals surface area contributed by atoms with Crippen molar-refractivity contribution < 1.29 is 13.2 Å². The number of hydrogen-bond donors (Lipinski definition) is 0. The van der Waals surface area contributed by atoms with Crippen molar-refractivity contribution in [2.45, 2.75) is 31.6 Å². The summed E-state index contributed by atoms with van der Waals surface area (Å²) in [4.78, 5) is 5.77. The summed E-state index contributed by atoms with van der Waals surface area (Å²) in [5.74, 6) is 0.414. The summed E-state index contributed by atoms with van der Waals surface area (Å²) in [6, 6.07) is 8.97. The van der Waals surface area contributed by atoms with Crippen LogP contribution in [0.1, 0.15) is 19.4 Å². The topological polar surface area (TPSA) is 15.6 Å². The number of nitrogens with zero attached hydrogens (tertiary/aromatic N) is 2. The first-order valence-electron chi connectivity index (χ1n) is 6.35. The first-order valence-corrected chi connectivity index (χ1v) is 7.47. The molecule has 0 amide bonds. The second-order valence-corrected chi connectivity index (χ2v) is 5.75. The van der Waals surface area contributed by atoms with E-state index in [0.29, 0.717) is 11.4 Å². The maximum absolute atomic E-state index is 13.4. The lowest BCUT2D eigenvalue weighted by Crippen LogP contribution is -2.50. The summed E-state index contributed by atoms with van der Waals surface area (Å²) in [5, 5.41) is -0.233. The molecule has 110 valence electrons. The number of aliphatic imine (C=N–C) groups is 1. The lowest BCUT2D eigenvalue weighted by molar-refractivity contribution is -0.177. The summed E-state index contributed by atoms with van der Waals surface area (Å²) < 4.78 is 40.1. The largest absolute Gasteiger partial charge is 0.416 e. The predicted molar refractivity (Wildman–Crippen MR) is 77.4 cm³/mol. The van der Waals surface area contributed by atoms with Crippen LogP contribution < -0.4 is 0 Å². The van der Waals surface area contributed by atoms with E-state index in [1.807, 2.05) is 19.9 Å². The zero-order chi connectivity index (χ0) is 15.0. The molecule has 1 atom stereocenters. The number of benzene rings is 1. The van der Waals surface area contributed by atoms with E-state index >= 15 is 0 Å². The minimum atomic E-state index is -4.37. The fourth-order valence-corrected chi connectivity index (χ4v) is 2.83. The molecule has 0 aromatic heterocycles. The van der Waals surface area contributed by atoms with E-state index in [4.69, 9.17) is 0 Å². The Hall–Kier alpha value is -1.04. The Labute approximate surface area is 124 Å². The summed E-state index contributed by atoms with van der Waals surface area (Å²) >= 11 is 2.99. The van der Waals surface area contributed by atoms with Crippen LogP contribution in [-0.4, -0.2) is 40.4 Å². The van der Waals surface area contributed by atoms with Crippen molar-refractivity contribution >= 4 is 21.8 Å². The van der Waals surface area contributed by atoms with E-state index < -0.39 is 11.7 Å². The van der Waals surface area contributed by atoms with E-state index in [1.165, 1.54) is 0 Å². The van der Waals surface area contributed by atoms with Crippen molar-refractivity contribution in [2.24, 2.45) is 4.99 Å². The third kappa shape index (κ3) is 2.57. The highest BCUT2D eigenvalue weighted by Gasteiger charge is 2.58. The highest BCUT2D eigenvalue weighted by molar-refractivity contribution is 9.09. The molecule has 2 rings (SSSR count). The number of hydrogen-bond acceptors (Lipinski definition) is 2. The van der Waals surface area contributed by atoms with Gasteiger partial charge in [-0.3, -0.25) is 0 Å². The van der Waals surface area contributed by atoms with Gasteiger partial charge in [-0.1, -0.05) is 46.3 Å². The molecule has 1 aliphatic rings. The second-order valence-electron chi connectivity index (χ2n) is 5.19. The van der Waals surface area contributed by atoms with Gasteiger partial charge in [-0.05, 0) is 13.8 Å². The number of amidine groups is 1. The molecule has 1 aliphatic heterocycles. The monoisotopic (exact) mass is 348 g/mol. The van der Waals surface area contributed by atoms with Crippen molar-refractivity contribution in [1.29, 1.82) is 0 Å². The lowest BCUT2D eigenvalue weighted by atomic mass is 10.0. The summed E-state index contributed by atoms with van der Waals surface area (Å²) in [5.41, 5.74) is -1.35. The fraction of sp³-hybridized carbons (Fsp3) is 0.500. The van der Waals surface area contributed by atoms with Crippen molar-refractivity contribution in [2.75, 3.05) is 11.9 Å². The van der Waals surface area contributed by atoms with Gasteiger partial charge < -0.3 is 4.90 Å². The van der Waals surface area contributed by atoms with Gasteiger partial charge in [-0.15, -0.1) is 0 Å². The Morgan fingerprint density at radius 3 is 2.35 bits per heavy atom. The number of halogens is 4. The molecule has 1 aromatic carbocycles. The zero-order valence-corrected chi connectivity index (χ0v) is 12.9. The molecule has 1 heterocycles. The minimum absolute atomic E-state index is 0.0442. The standard InChI is InChI=1S/C14H16BrF3N2/c1-10(2)20-9-13(8-15,14(16,17)18)19-12(20)11-6-4-3-5-7-11/h3-7,10H,8-9H2,1-2H3. The Morgan fingerprint density at radius 1 is 1.30 bits per heavy atom. The molecule has 1 unspecified atom stereocenters. The highest BCUT2D eigenvalue weighted by Crippen LogP contribution is 2.40. The van der Waals surface area contributed by atoms with Crippen molar-refractivity contribution in [3.05, 3.63) is 35.9 Å². The van der Waals surface area contributed by atoms with Gasteiger partial charge in [-0.2, -0.15) is 13.2 Å². The van der Waals surface area contributed by atoms with Crippen LogP contribution in [-0.2, 0) is 0 Å². The zero-order valence-electron chi connectivity index (χ0n) is 11.3. The van der Waals surface area contributed by atoms with Crippen LogP contribution in [0.3, 0.4) is 0 Å². The van der Waals surface area contributed by atoms with E-state index in [9.17, 15) is 13.2 Å². The molecule has 0 aliphatic carbocycles. The average molecular weight is 349 g/mol. The van der Waals surface area contributed by atoms with Gasteiger partial charge in [0.2, 0.25) is 0 Å². The van der Waals surface area contributed by atoms with Gasteiger partial charge in [0.05, 0.1) is 6.54 Å². The molecular weight excluding hydrogens is 333 g/mol. The van der Waals surface area contributed by atoms with Crippen LogP contribution in [0.2, 0.25) is 0 Å². The van der Waals surface area contributed by atoms with Crippen molar-refractivity contribution in [3.8, 4) is 0 Å². The van der Waals surface area contributed by atoms with E-state index in [-0.39, 0.29) is 17.9 Å². The van der Waals surface area contributed by atoms with Gasteiger partial charge in [0.25, 0.3) is 0 Å². The van der Waals surface area contributed by atoms with Gasteiger partial charge in [0, 0.05) is 16.9 Å². The normalized spacial score (nSPS) is 23.4. The lowest BCUT2D eigenvalue weighted by Gasteiger charge is -2.30. The van der Waals surface area contributed by atoms with Gasteiger partial charge in [-0.25, -0.2) is 4.99 Å². The molecule has 0 N–H and O–H groups in total. The van der Waals surface area contributed by atoms with Crippen LogP contribution in [0, 0.1) is 0 Å². The van der Waals surface area contributed by atoms with Crippen molar-refractivity contribution in [1.82, 2.24) is 4.90 Å². The molecule has 20 heavy (non-hydrogen) atoms. The van der Waals surface area contributed by atoms with E-state index in [1.54, 1.807) is 29.2 Å². The number of alkyl halides is 4. The van der Waals surface area contributed by atoms with E-state index in [0.717, 1.165) is 0 Å². The molecule has 6 heteroatoms. The first-order chi connectivity index (χ1) is 9.31. The molecule has 0 saturated heterocycles. The van der Waals surface area contributed by atoms with Gasteiger partial charge in [0.15, 0.2) is 5.54 Å². The minimum Gasteiger partial charge on any atom is -0.351 e. The smallest absolute Gasteiger partial charge is 0.351 e. The van der Waals surface area contributed by atoms with Gasteiger partial charge in [0.1, 0.15) is 5.84 Å². The molecule has 0 spiro atoms. The summed E-state index contributed by atoms with van der Waals surface area (Å²) in [6.07, 6.45) is -4.37. The van der Waals surface area contributed by atoms with E-state index in [2.05, 4.69) is 20.9 Å². The molecular formula is C14H16BrF3N2. The third-order valence-electron chi connectivity index (χ3n) is 3.43. The summed E-state index contributed by atoms with van der Waals surface area (Å²) in [7, 11) is 0. The molecule has 0 saturated carbocycles. The van der Waals surface area contributed by atoms with Gasteiger partial charge >= 0.3 is 6.18 Å². The van der Waals surface area contributed by atoms with Crippen LogP contribution in [0.25, 0.3) is 0 Å². The highest BCUT2D eigenvalue weighted by atomic mass is 79.9. The Balaban J connectivity index is 2.50. The molecule has 0 bridgehead atoms. The molecule has 0 fully saturated rings. The maximum atomic E-state index is 13.4. The Bertz CT molecular complexity index is 499. The average Bonchev–Trinajstić information content (AvgIpc) is 2.81. The SMILES string of the molecule is CC(C)N1CC(CBr)(C(F)(F)F)N=C1c1ccccc1. The molecule has 2 nitrogen and oxygen atoms in total. The summed E-state index contributed by atoms with van der Waals surface area (Å²) in [6.45, 7) is 3.60. The molecule has 0 radical (unpaired) electrons. The predicted octanol–water partition coefficient (Wildman–Crippen LogP) is 3.85. The Kier molecular flexibility index (Phi) is 4.14. The van der Waals surface area contributed by atoms with Crippen LogP contribution in [0.4, 0.5) is 13.2 Å². The Morgan fingerprint density at radius 2 is 1.90 bits per heavy atom. The van der Waals surface area contributed by atoms with Crippen LogP contribution in [0.15, 0.2) is 35.3 Å². The maximum Gasteiger partial charge on any atom is 0.416 e. The molecule has 1 aromatic rings. The fourth-order valence-electron chi connectivity index (χ4n) is 2.20. The van der Waals surface area contributed by atoms with Crippen molar-refractivity contribution in [3.63, 3.8) is 0 Å². The number of rotatable bonds is 3.